The minimum absolute atomic E-state index is 0.198. The van der Waals surface area contributed by atoms with Crippen LogP contribution in [0.15, 0.2) is 18.2 Å². The van der Waals surface area contributed by atoms with Gasteiger partial charge < -0.3 is 9.47 Å². The standard InChI is InChI=1S/C10H5Cl5O4/c11-5-1-2-7(6(12)3-5)18-4-8(16)19-9(17)10(13,14)15/h1-3H,4H2. The van der Waals surface area contributed by atoms with Crippen molar-refractivity contribution in [2.45, 2.75) is 3.79 Å². The Hall–Kier alpha value is -0.390. The fourth-order valence-electron chi connectivity index (χ4n) is 0.920. The summed E-state index contributed by atoms with van der Waals surface area (Å²) in [4.78, 5) is 22.3. The van der Waals surface area contributed by atoms with Gasteiger partial charge in [0.1, 0.15) is 5.75 Å². The number of esters is 2. The van der Waals surface area contributed by atoms with Crippen molar-refractivity contribution in [2.75, 3.05) is 6.61 Å². The predicted octanol–water partition coefficient (Wildman–Crippen LogP) is 3.81. The highest BCUT2D eigenvalue weighted by atomic mass is 35.6. The molecule has 0 fully saturated rings. The van der Waals surface area contributed by atoms with Crippen molar-refractivity contribution in [3.8, 4) is 5.75 Å². The second kappa shape index (κ2) is 6.86. The van der Waals surface area contributed by atoms with Gasteiger partial charge in [-0.05, 0) is 18.2 Å². The van der Waals surface area contributed by atoms with Gasteiger partial charge in [-0.3, -0.25) is 0 Å². The maximum absolute atomic E-state index is 11.2. The first-order valence-electron chi connectivity index (χ1n) is 4.60. The molecule has 0 saturated carbocycles. The third kappa shape index (κ3) is 5.63. The molecule has 0 amide bonds. The van der Waals surface area contributed by atoms with Gasteiger partial charge in [-0.2, -0.15) is 0 Å². The number of halogens is 5. The Morgan fingerprint density at radius 2 is 1.79 bits per heavy atom. The molecule has 19 heavy (non-hydrogen) atoms. The van der Waals surface area contributed by atoms with Gasteiger partial charge in [0.15, 0.2) is 6.61 Å². The molecule has 0 heterocycles. The first-order valence-corrected chi connectivity index (χ1v) is 6.49. The van der Waals surface area contributed by atoms with Crippen molar-refractivity contribution < 1.29 is 19.1 Å². The molecule has 0 atom stereocenters. The first kappa shape index (κ1) is 16.7. The smallest absolute Gasteiger partial charge is 0.366 e. The van der Waals surface area contributed by atoms with Crippen LogP contribution < -0.4 is 4.74 Å². The van der Waals surface area contributed by atoms with E-state index in [1.807, 2.05) is 0 Å². The maximum atomic E-state index is 11.2. The van der Waals surface area contributed by atoms with Crippen LogP contribution in [0, 0.1) is 0 Å². The van der Waals surface area contributed by atoms with E-state index in [4.69, 9.17) is 62.7 Å². The Morgan fingerprint density at radius 1 is 1.16 bits per heavy atom. The van der Waals surface area contributed by atoms with E-state index >= 15 is 0 Å². The minimum Gasteiger partial charge on any atom is -0.480 e. The number of carbonyl (C=O) groups is 2. The average molecular weight is 366 g/mol. The van der Waals surface area contributed by atoms with Crippen LogP contribution in [0.4, 0.5) is 0 Å². The summed E-state index contributed by atoms with van der Waals surface area (Å²) in [7, 11) is 0. The fourth-order valence-corrected chi connectivity index (χ4v) is 1.50. The largest absolute Gasteiger partial charge is 0.480 e. The molecular formula is C10H5Cl5O4. The molecule has 0 spiro atoms. The number of carbonyl (C=O) groups excluding carboxylic acids is 2. The molecule has 1 aromatic rings. The fraction of sp³-hybridized carbons (Fsp3) is 0.200. The number of rotatable bonds is 3. The molecule has 9 heteroatoms. The van der Waals surface area contributed by atoms with E-state index in [1.54, 1.807) is 0 Å². The van der Waals surface area contributed by atoms with Crippen molar-refractivity contribution in [1.29, 1.82) is 0 Å². The third-order valence-electron chi connectivity index (χ3n) is 1.68. The number of benzene rings is 1. The second-order valence-electron chi connectivity index (χ2n) is 3.12. The number of hydrogen-bond donors (Lipinski definition) is 0. The van der Waals surface area contributed by atoms with Crippen LogP contribution >= 0.6 is 58.0 Å². The van der Waals surface area contributed by atoms with Gasteiger partial charge in [-0.1, -0.05) is 58.0 Å². The van der Waals surface area contributed by atoms with Crippen molar-refractivity contribution in [3.05, 3.63) is 28.2 Å². The Bertz CT molecular complexity index is 497. The van der Waals surface area contributed by atoms with E-state index in [2.05, 4.69) is 4.74 Å². The summed E-state index contributed by atoms with van der Waals surface area (Å²) in [6.07, 6.45) is 0. The number of hydrogen-bond acceptors (Lipinski definition) is 4. The molecule has 104 valence electrons. The highest BCUT2D eigenvalue weighted by Gasteiger charge is 2.34. The molecule has 0 unspecified atom stereocenters. The Morgan fingerprint density at radius 3 is 2.32 bits per heavy atom. The van der Waals surface area contributed by atoms with Crippen molar-refractivity contribution in [1.82, 2.24) is 0 Å². The lowest BCUT2D eigenvalue weighted by molar-refractivity contribution is -0.160. The molecule has 0 aliphatic rings. The summed E-state index contributed by atoms with van der Waals surface area (Å²) in [6, 6.07) is 4.39. The lowest BCUT2D eigenvalue weighted by Gasteiger charge is -2.10. The highest BCUT2D eigenvalue weighted by molar-refractivity contribution is 6.75. The molecule has 0 radical (unpaired) electrons. The average Bonchev–Trinajstić information content (AvgIpc) is 2.26. The predicted molar refractivity (Wildman–Crippen MR) is 73.3 cm³/mol. The first-order chi connectivity index (χ1) is 8.70. The summed E-state index contributed by atoms with van der Waals surface area (Å²) >= 11 is 27.1. The van der Waals surface area contributed by atoms with Crippen LogP contribution in [-0.2, 0) is 14.3 Å². The second-order valence-corrected chi connectivity index (χ2v) is 6.25. The van der Waals surface area contributed by atoms with Crippen molar-refractivity contribution in [3.63, 3.8) is 0 Å². The van der Waals surface area contributed by atoms with E-state index in [-0.39, 0.29) is 10.8 Å². The topological polar surface area (TPSA) is 52.6 Å². The SMILES string of the molecule is O=C(COc1ccc(Cl)cc1Cl)OC(=O)C(Cl)(Cl)Cl. The highest BCUT2D eigenvalue weighted by Crippen LogP contribution is 2.28. The molecule has 0 aliphatic carbocycles. The lowest BCUT2D eigenvalue weighted by atomic mass is 10.3. The van der Waals surface area contributed by atoms with E-state index in [0.717, 1.165) is 0 Å². The molecule has 4 nitrogen and oxygen atoms in total. The van der Waals surface area contributed by atoms with Crippen LogP contribution in [0.25, 0.3) is 0 Å². The molecule has 1 rings (SSSR count). The quantitative estimate of drug-likeness (QED) is 0.464. The summed E-state index contributed by atoms with van der Waals surface area (Å²) in [5.74, 6) is -2.14. The summed E-state index contributed by atoms with van der Waals surface area (Å²) in [5, 5.41) is 0.610. The normalized spacial score (nSPS) is 11.0. The van der Waals surface area contributed by atoms with Crippen molar-refractivity contribution >= 4 is 69.9 Å². The molecule has 0 N–H and O–H groups in total. The van der Waals surface area contributed by atoms with E-state index < -0.39 is 22.3 Å². The summed E-state index contributed by atoms with van der Waals surface area (Å²) in [6.45, 7) is -0.576. The van der Waals surface area contributed by atoms with Crippen LogP contribution in [-0.4, -0.2) is 22.3 Å². The zero-order valence-corrected chi connectivity index (χ0v) is 12.7. The van der Waals surface area contributed by atoms with Crippen LogP contribution in [0.5, 0.6) is 5.75 Å². The third-order valence-corrected chi connectivity index (χ3v) is 2.67. The molecule has 0 aliphatic heterocycles. The van der Waals surface area contributed by atoms with Gasteiger partial charge in [0.05, 0.1) is 5.02 Å². The molecule has 0 saturated heterocycles. The van der Waals surface area contributed by atoms with Crippen molar-refractivity contribution in [2.24, 2.45) is 0 Å². The summed E-state index contributed by atoms with van der Waals surface area (Å²) in [5.41, 5.74) is 0. The van der Waals surface area contributed by atoms with E-state index in [0.29, 0.717) is 5.02 Å². The molecule has 0 aromatic heterocycles. The van der Waals surface area contributed by atoms with Gasteiger partial charge in [0.25, 0.3) is 3.79 Å². The molecular weight excluding hydrogens is 361 g/mol. The summed E-state index contributed by atoms with van der Waals surface area (Å²) < 4.78 is 6.93. The van der Waals surface area contributed by atoms with Gasteiger partial charge >= 0.3 is 11.9 Å². The number of alkyl halides is 3. The maximum Gasteiger partial charge on any atom is 0.366 e. The molecule has 1 aromatic carbocycles. The Kier molecular flexibility index (Phi) is 6.02. The van der Waals surface area contributed by atoms with Gasteiger partial charge in [0.2, 0.25) is 0 Å². The van der Waals surface area contributed by atoms with Gasteiger partial charge in [-0.25, -0.2) is 9.59 Å². The zero-order chi connectivity index (χ0) is 14.6. The van der Waals surface area contributed by atoms with E-state index in [1.165, 1.54) is 18.2 Å². The Balaban J connectivity index is 2.53. The van der Waals surface area contributed by atoms with Crippen LogP contribution in [0.2, 0.25) is 10.0 Å². The minimum atomic E-state index is -2.33. The zero-order valence-electron chi connectivity index (χ0n) is 8.96. The van der Waals surface area contributed by atoms with Crippen LogP contribution in [0.3, 0.4) is 0 Å². The van der Waals surface area contributed by atoms with Gasteiger partial charge in [0, 0.05) is 5.02 Å². The van der Waals surface area contributed by atoms with Gasteiger partial charge in [-0.15, -0.1) is 0 Å². The van der Waals surface area contributed by atoms with E-state index in [9.17, 15) is 9.59 Å². The Labute approximate surface area is 133 Å². The lowest BCUT2D eigenvalue weighted by Crippen LogP contribution is -2.27. The monoisotopic (exact) mass is 364 g/mol. The number of ether oxygens (including phenoxy) is 2. The molecule has 0 bridgehead atoms. The van der Waals surface area contributed by atoms with Crippen LogP contribution in [0.1, 0.15) is 0 Å².